The van der Waals surface area contributed by atoms with Crippen LogP contribution in [-0.4, -0.2) is 24.1 Å². The fourth-order valence-electron chi connectivity index (χ4n) is 1.85. The first kappa shape index (κ1) is 15.0. The third kappa shape index (κ3) is 3.45. The van der Waals surface area contributed by atoms with E-state index in [0.29, 0.717) is 6.04 Å². The van der Waals surface area contributed by atoms with Gasteiger partial charge in [0.2, 0.25) is 0 Å². The molecule has 0 spiro atoms. The molecular formula is C15H27N3. The zero-order valence-electron chi connectivity index (χ0n) is 12.6. The predicted molar refractivity (Wildman–Crippen MR) is 79.1 cm³/mol. The van der Waals surface area contributed by atoms with Crippen LogP contribution in [0.25, 0.3) is 0 Å². The lowest BCUT2D eigenvalue weighted by Gasteiger charge is -2.36. The number of aromatic nitrogens is 1. The Labute approximate surface area is 112 Å². The van der Waals surface area contributed by atoms with E-state index in [9.17, 15) is 0 Å². The summed E-state index contributed by atoms with van der Waals surface area (Å²) < 4.78 is 0. The van der Waals surface area contributed by atoms with Crippen LogP contribution < -0.4 is 10.2 Å². The SMILES string of the molecule is CCNC(C)c1ccc(N(C)C(C)(C)CC)cn1. The molecule has 3 nitrogen and oxygen atoms in total. The Kier molecular flexibility index (Phi) is 5.15. The molecule has 0 aromatic carbocycles. The third-order valence-corrected chi connectivity index (χ3v) is 3.89. The van der Waals surface area contributed by atoms with Crippen LogP contribution in [0.1, 0.15) is 52.8 Å². The largest absolute Gasteiger partial charge is 0.368 e. The van der Waals surface area contributed by atoms with Gasteiger partial charge in [0, 0.05) is 18.6 Å². The van der Waals surface area contributed by atoms with Crippen LogP contribution in [0.3, 0.4) is 0 Å². The van der Waals surface area contributed by atoms with Crippen LogP contribution in [0.5, 0.6) is 0 Å². The summed E-state index contributed by atoms with van der Waals surface area (Å²) in [7, 11) is 2.13. The molecule has 0 aliphatic rings. The Hall–Kier alpha value is -1.09. The molecule has 0 saturated carbocycles. The molecule has 102 valence electrons. The molecule has 1 aromatic heterocycles. The number of anilines is 1. The highest BCUT2D eigenvalue weighted by Gasteiger charge is 2.21. The number of hydrogen-bond acceptors (Lipinski definition) is 3. The smallest absolute Gasteiger partial charge is 0.0572 e. The first-order chi connectivity index (χ1) is 8.42. The van der Waals surface area contributed by atoms with E-state index in [2.05, 4.69) is 69.0 Å². The lowest BCUT2D eigenvalue weighted by molar-refractivity contribution is 0.470. The quantitative estimate of drug-likeness (QED) is 0.837. The van der Waals surface area contributed by atoms with E-state index in [-0.39, 0.29) is 5.54 Å². The van der Waals surface area contributed by atoms with Gasteiger partial charge in [0.05, 0.1) is 17.6 Å². The van der Waals surface area contributed by atoms with Crippen molar-refractivity contribution in [2.24, 2.45) is 0 Å². The molecule has 0 fully saturated rings. The van der Waals surface area contributed by atoms with Crippen LogP contribution >= 0.6 is 0 Å². The molecule has 0 amide bonds. The van der Waals surface area contributed by atoms with Crippen molar-refractivity contribution >= 4 is 5.69 Å². The van der Waals surface area contributed by atoms with Crippen molar-refractivity contribution in [3.05, 3.63) is 24.0 Å². The van der Waals surface area contributed by atoms with Crippen molar-refractivity contribution in [3.63, 3.8) is 0 Å². The van der Waals surface area contributed by atoms with Crippen LogP contribution in [0.2, 0.25) is 0 Å². The highest BCUT2D eigenvalue weighted by Crippen LogP contribution is 2.24. The molecule has 1 heterocycles. The van der Waals surface area contributed by atoms with E-state index in [1.807, 2.05) is 6.20 Å². The van der Waals surface area contributed by atoms with Crippen molar-refractivity contribution in [1.82, 2.24) is 10.3 Å². The van der Waals surface area contributed by atoms with Crippen molar-refractivity contribution in [2.45, 2.75) is 52.6 Å². The summed E-state index contributed by atoms with van der Waals surface area (Å²) in [4.78, 5) is 6.86. The molecule has 0 saturated heterocycles. The summed E-state index contributed by atoms with van der Waals surface area (Å²) in [5, 5.41) is 3.38. The van der Waals surface area contributed by atoms with Gasteiger partial charge in [0.25, 0.3) is 0 Å². The highest BCUT2D eigenvalue weighted by molar-refractivity contribution is 5.46. The van der Waals surface area contributed by atoms with Crippen molar-refractivity contribution in [3.8, 4) is 0 Å². The maximum absolute atomic E-state index is 4.56. The van der Waals surface area contributed by atoms with Crippen molar-refractivity contribution < 1.29 is 0 Å². The molecule has 1 aromatic rings. The standard InChI is InChI=1S/C15H27N3/c1-7-15(4,5)18(6)13-9-10-14(17-11-13)12(3)16-8-2/h9-12,16H,7-8H2,1-6H3. The second kappa shape index (κ2) is 6.19. The Balaban J connectivity index is 2.83. The van der Waals surface area contributed by atoms with Crippen LogP contribution in [-0.2, 0) is 0 Å². The molecule has 1 unspecified atom stereocenters. The zero-order chi connectivity index (χ0) is 13.8. The molecule has 1 N–H and O–H groups in total. The number of nitrogens with zero attached hydrogens (tertiary/aromatic N) is 2. The molecule has 0 bridgehead atoms. The first-order valence-electron chi connectivity index (χ1n) is 6.85. The lowest BCUT2D eigenvalue weighted by Crippen LogP contribution is -2.40. The minimum Gasteiger partial charge on any atom is -0.368 e. The maximum atomic E-state index is 4.56. The monoisotopic (exact) mass is 249 g/mol. The molecular weight excluding hydrogens is 222 g/mol. The molecule has 0 radical (unpaired) electrons. The summed E-state index contributed by atoms with van der Waals surface area (Å²) in [5.74, 6) is 0. The van der Waals surface area contributed by atoms with Crippen molar-refractivity contribution in [2.75, 3.05) is 18.5 Å². The van der Waals surface area contributed by atoms with Gasteiger partial charge in [0.15, 0.2) is 0 Å². The van der Waals surface area contributed by atoms with Gasteiger partial charge in [-0.15, -0.1) is 0 Å². The topological polar surface area (TPSA) is 28.2 Å². The minimum atomic E-state index is 0.163. The van der Waals surface area contributed by atoms with Crippen molar-refractivity contribution in [1.29, 1.82) is 0 Å². The summed E-state index contributed by atoms with van der Waals surface area (Å²) in [5.41, 5.74) is 2.44. The van der Waals surface area contributed by atoms with Crippen LogP contribution in [0.4, 0.5) is 5.69 Å². The van der Waals surface area contributed by atoms with E-state index in [4.69, 9.17) is 0 Å². The lowest BCUT2D eigenvalue weighted by atomic mass is 9.99. The van der Waals surface area contributed by atoms with Gasteiger partial charge in [-0.25, -0.2) is 0 Å². The molecule has 1 atom stereocenters. The number of hydrogen-bond donors (Lipinski definition) is 1. The van der Waals surface area contributed by atoms with Gasteiger partial charge >= 0.3 is 0 Å². The highest BCUT2D eigenvalue weighted by atomic mass is 15.2. The van der Waals surface area contributed by atoms with Gasteiger partial charge in [-0.2, -0.15) is 0 Å². The average Bonchev–Trinajstić information content (AvgIpc) is 2.38. The van der Waals surface area contributed by atoms with Crippen LogP contribution in [0.15, 0.2) is 18.3 Å². The predicted octanol–water partition coefficient (Wildman–Crippen LogP) is 3.38. The minimum absolute atomic E-state index is 0.163. The second-order valence-corrected chi connectivity index (χ2v) is 5.45. The normalized spacial score (nSPS) is 13.4. The fourth-order valence-corrected chi connectivity index (χ4v) is 1.85. The van der Waals surface area contributed by atoms with E-state index in [0.717, 1.165) is 18.7 Å². The summed E-state index contributed by atoms with van der Waals surface area (Å²) in [6.45, 7) is 11.9. The zero-order valence-corrected chi connectivity index (χ0v) is 12.6. The summed E-state index contributed by atoms with van der Waals surface area (Å²) in [6, 6.07) is 4.59. The van der Waals surface area contributed by atoms with Gasteiger partial charge in [-0.05, 0) is 45.9 Å². The Morgan fingerprint density at radius 3 is 2.44 bits per heavy atom. The van der Waals surface area contributed by atoms with E-state index >= 15 is 0 Å². The fraction of sp³-hybridized carbons (Fsp3) is 0.667. The van der Waals surface area contributed by atoms with E-state index in [1.165, 1.54) is 5.69 Å². The Morgan fingerprint density at radius 2 is 2.00 bits per heavy atom. The number of nitrogens with one attached hydrogen (secondary N) is 1. The van der Waals surface area contributed by atoms with E-state index < -0.39 is 0 Å². The summed E-state index contributed by atoms with van der Waals surface area (Å²) in [6.07, 6.45) is 3.08. The molecule has 3 heteroatoms. The number of pyridine rings is 1. The Bertz CT molecular complexity index is 357. The first-order valence-corrected chi connectivity index (χ1v) is 6.85. The van der Waals surface area contributed by atoms with Gasteiger partial charge in [-0.3, -0.25) is 4.98 Å². The average molecular weight is 249 g/mol. The molecule has 0 aliphatic carbocycles. The molecule has 1 rings (SSSR count). The van der Waals surface area contributed by atoms with Gasteiger partial charge < -0.3 is 10.2 Å². The van der Waals surface area contributed by atoms with Gasteiger partial charge in [-0.1, -0.05) is 13.8 Å². The third-order valence-electron chi connectivity index (χ3n) is 3.89. The maximum Gasteiger partial charge on any atom is 0.0572 e. The van der Waals surface area contributed by atoms with Crippen LogP contribution in [0, 0.1) is 0 Å². The second-order valence-electron chi connectivity index (χ2n) is 5.45. The van der Waals surface area contributed by atoms with E-state index in [1.54, 1.807) is 0 Å². The summed E-state index contributed by atoms with van der Waals surface area (Å²) >= 11 is 0. The Morgan fingerprint density at radius 1 is 1.33 bits per heavy atom. The number of rotatable bonds is 6. The molecule has 0 aliphatic heterocycles. The molecule has 18 heavy (non-hydrogen) atoms. The van der Waals surface area contributed by atoms with Gasteiger partial charge in [0.1, 0.15) is 0 Å².